The molecule has 1 aromatic heterocycles. The number of hydrogen-bond donors (Lipinski definition) is 0. The molecule has 2 heterocycles. The van der Waals surface area contributed by atoms with E-state index < -0.39 is 17.5 Å². The zero-order valence-corrected chi connectivity index (χ0v) is 18.8. The molecule has 34 heavy (non-hydrogen) atoms. The molecule has 3 aromatic carbocycles. The quantitative estimate of drug-likeness (QED) is 0.346. The van der Waals surface area contributed by atoms with Crippen LogP contribution in [0.25, 0.3) is 32.8 Å². The van der Waals surface area contributed by atoms with Gasteiger partial charge in [0.1, 0.15) is 23.0 Å². The zero-order chi connectivity index (χ0) is 24.0. The minimum Gasteiger partial charge on any atom is -0.467 e. The lowest BCUT2D eigenvalue weighted by Gasteiger charge is -2.32. The van der Waals surface area contributed by atoms with Crippen LogP contribution in [0, 0.1) is 35.7 Å². The first-order chi connectivity index (χ1) is 16.4. The van der Waals surface area contributed by atoms with Gasteiger partial charge in [-0.05, 0) is 41.8 Å². The predicted octanol–water partition coefficient (Wildman–Crippen LogP) is 6.09. The standard InChI is InChI=1S/C27H22F3N3O/c1-4-17-20(28)11-10-16-8-5-9-18(22(16)17)23-21(29)13-19-25(24(23)30)31-27(34-3)32-26(19)33-12-6-7-15(2)14-33/h1,5,8-11,13,15H,6-7,12,14H2,2-3H3. The molecule has 0 bridgehead atoms. The molecule has 1 aliphatic rings. The van der Waals surface area contributed by atoms with Crippen LogP contribution in [0.15, 0.2) is 36.4 Å². The van der Waals surface area contributed by atoms with Gasteiger partial charge in [-0.25, -0.2) is 13.2 Å². The molecule has 172 valence electrons. The predicted molar refractivity (Wildman–Crippen MR) is 127 cm³/mol. The van der Waals surface area contributed by atoms with Gasteiger partial charge in [0, 0.05) is 23.9 Å². The fourth-order valence-electron chi connectivity index (χ4n) is 4.82. The van der Waals surface area contributed by atoms with Gasteiger partial charge < -0.3 is 9.64 Å². The second-order valence-electron chi connectivity index (χ2n) is 8.64. The normalized spacial score (nSPS) is 16.1. The molecule has 0 spiro atoms. The van der Waals surface area contributed by atoms with Gasteiger partial charge in [-0.3, -0.25) is 0 Å². The van der Waals surface area contributed by atoms with E-state index in [4.69, 9.17) is 11.2 Å². The van der Waals surface area contributed by atoms with Crippen molar-refractivity contribution in [3.63, 3.8) is 0 Å². The van der Waals surface area contributed by atoms with Crippen LogP contribution in [0.1, 0.15) is 25.3 Å². The number of hydrogen-bond acceptors (Lipinski definition) is 4. The van der Waals surface area contributed by atoms with Gasteiger partial charge in [0.2, 0.25) is 0 Å². The highest BCUT2D eigenvalue weighted by molar-refractivity contribution is 6.03. The van der Waals surface area contributed by atoms with Crippen molar-refractivity contribution in [1.29, 1.82) is 0 Å². The third kappa shape index (κ3) is 3.50. The van der Waals surface area contributed by atoms with Crippen molar-refractivity contribution in [2.45, 2.75) is 19.8 Å². The van der Waals surface area contributed by atoms with Crippen molar-refractivity contribution in [1.82, 2.24) is 9.97 Å². The lowest BCUT2D eigenvalue weighted by atomic mass is 9.93. The summed E-state index contributed by atoms with van der Waals surface area (Å²) >= 11 is 0. The van der Waals surface area contributed by atoms with Crippen molar-refractivity contribution in [3.8, 4) is 29.5 Å². The van der Waals surface area contributed by atoms with E-state index in [2.05, 4.69) is 22.8 Å². The molecule has 1 aliphatic heterocycles. The molecule has 0 saturated carbocycles. The molecule has 1 unspecified atom stereocenters. The number of terminal acetylenes is 1. The maximum atomic E-state index is 16.1. The lowest BCUT2D eigenvalue weighted by molar-refractivity contribution is 0.379. The number of halogens is 3. The van der Waals surface area contributed by atoms with Crippen molar-refractivity contribution in [2.24, 2.45) is 5.92 Å². The molecule has 0 radical (unpaired) electrons. The number of fused-ring (bicyclic) bond motifs is 2. The van der Waals surface area contributed by atoms with Crippen molar-refractivity contribution >= 4 is 27.5 Å². The van der Waals surface area contributed by atoms with Crippen LogP contribution in [-0.4, -0.2) is 30.2 Å². The Labute approximate surface area is 195 Å². The van der Waals surface area contributed by atoms with Crippen molar-refractivity contribution in [3.05, 3.63) is 59.4 Å². The Hall–Kier alpha value is -3.79. The van der Waals surface area contributed by atoms with Crippen LogP contribution in [0.2, 0.25) is 0 Å². The minimum absolute atomic E-state index is 0.00883. The summed E-state index contributed by atoms with van der Waals surface area (Å²) in [5, 5.41) is 1.11. The number of anilines is 1. The maximum absolute atomic E-state index is 16.1. The first-order valence-electron chi connectivity index (χ1n) is 11.1. The molecule has 1 fully saturated rings. The number of ether oxygens (including phenoxy) is 1. The second-order valence-corrected chi connectivity index (χ2v) is 8.64. The zero-order valence-electron chi connectivity index (χ0n) is 18.8. The van der Waals surface area contributed by atoms with Gasteiger partial charge in [-0.2, -0.15) is 9.97 Å². The topological polar surface area (TPSA) is 38.2 Å². The third-order valence-electron chi connectivity index (χ3n) is 6.39. The minimum atomic E-state index is -0.873. The van der Waals surface area contributed by atoms with E-state index in [9.17, 15) is 4.39 Å². The van der Waals surface area contributed by atoms with Crippen LogP contribution in [0.5, 0.6) is 6.01 Å². The van der Waals surface area contributed by atoms with E-state index in [0.717, 1.165) is 19.4 Å². The molecule has 0 aliphatic carbocycles. The number of piperidine rings is 1. The Balaban J connectivity index is 1.82. The van der Waals surface area contributed by atoms with Gasteiger partial charge >= 0.3 is 6.01 Å². The molecule has 4 nitrogen and oxygen atoms in total. The van der Waals surface area contributed by atoms with Crippen LogP contribution in [-0.2, 0) is 0 Å². The largest absolute Gasteiger partial charge is 0.467 e. The third-order valence-corrected chi connectivity index (χ3v) is 6.39. The second kappa shape index (κ2) is 8.53. The summed E-state index contributed by atoms with van der Waals surface area (Å²) in [5.74, 6) is 0.881. The van der Waals surface area contributed by atoms with E-state index in [0.29, 0.717) is 23.7 Å². The lowest BCUT2D eigenvalue weighted by Crippen LogP contribution is -2.35. The van der Waals surface area contributed by atoms with Crippen molar-refractivity contribution in [2.75, 3.05) is 25.1 Å². The molecule has 5 rings (SSSR count). The summed E-state index contributed by atoms with van der Waals surface area (Å²) in [6.07, 6.45) is 7.60. The number of nitrogens with zero attached hydrogens (tertiary/aromatic N) is 3. The monoisotopic (exact) mass is 461 g/mol. The number of benzene rings is 3. The van der Waals surface area contributed by atoms with Gasteiger partial charge in [0.05, 0.1) is 18.2 Å². The van der Waals surface area contributed by atoms with Crippen molar-refractivity contribution < 1.29 is 17.9 Å². The fraction of sp³-hybridized carbons (Fsp3) is 0.259. The molecular formula is C27H22F3N3O. The molecule has 0 N–H and O–H groups in total. The highest BCUT2D eigenvalue weighted by Crippen LogP contribution is 2.40. The van der Waals surface area contributed by atoms with E-state index in [1.54, 1.807) is 12.1 Å². The highest BCUT2D eigenvalue weighted by atomic mass is 19.1. The average molecular weight is 461 g/mol. The van der Waals surface area contributed by atoms with Gasteiger partial charge in [-0.15, -0.1) is 6.42 Å². The Morgan fingerprint density at radius 2 is 1.94 bits per heavy atom. The summed E-state index contributed by atoms with van der Waals surface area (Å²) in [4.78, 5) is 10.7. The number of aromatic nitrogens is 2. The molecule has 0 amide bonds. The van der Waals surface area contributed by atoms with E-state index in [1.807, 2.05) is 4.90 Å². The Kier molecular flexibility index (Phi) is 5.52. The average Bonchev–Trinajstić information content (AvgIpc) is 2.83. The van der Waals surface area contributed by atoms with E-state index in [-0.39, 0.29) is 39.0 Å². The van der Waals surface area contributed by atoms with Crippen LogP contribution >= 0.6 is 0 Å². The Morgan fingerprint density at radius 1 is 1.12 bits per heavy atom. The summed E-state index contributed by atoms with van der Waals surface area (Å²) in [5.41, 5.74) is -0.270. The van der Waals surface area contributed by atoms with Crippen LogP contribution < -0.4 is 9.64 Å². The summed E-state index contributed by atoms with van der Waals surface area (Å²) < 4.78 is 51.5. The van der Waals surface area contributed by atoms with Gasteiger partial charge in [0.15, 0.2) is 5.82 Å². The first-order valence-corrected chi connectivity index (χ1v) is 11.1. The molecule has 1 saturated heterocycles. The van der Waals surface area contributed by atoms with E-state index >= 15 is 8.78 Å². The molecule has 7 heteroatoms. The summed E-state index contributed by atoms with van der Waals surface area (Å²) in [6.45, 7) is 3.57. The van der Waals surface area contributed by atoms with Crippen LogP contribution in [0.4, 0.5) is 19.0 Å². The summed E-state index contributed by atoms with van der Waals surface area (Å²) in [6, 6.07) is 8.92. The Bertz CT molecular complexity index is 1480. The fourth-order valence-corrected chi connectivity index (χ4v) is 4.82. The Morgan fingerprint density at radius 3 is 2.68 bits per heavy atom. The van der Waals surface area contributed by atoms with E-state index in [1.165, 1.54) is 31.4 Å². The number of rotatable bonds is 3. The highest BCUT2D eigenvalue weighted by Gasteiger charge is 2.26. The van der Waals surface area contributed by atoms with Gasteiger partial charge in [0.25, 0.3) is 0 Å². The molecule has 1 atom stereocenters. The molecule has 4 aromatic rings. The number of methoxy groups -OCH3 is 1. The SMILES string of the molecule is C#Cc1c(F)ccc2cccc(-c3c(F)cc4c(N5CCCC(C)C5)nc(OC)nc4c3F)c12. The first kappa shape index (κ1) is 22.0. The smallest absolute Gasteiger partial charge is 0.318 e. The maximum Gasteiger partial charge on any atom is 0.318 e. The van der Waals surface area contributed by atoms with Gasteiger partial charge in [-0.1, -0.05) is 37.1 Å². The molecular weight excluding hydrogens is 439 g/mol. The van der Waals surface area contributed by atoms with Crippen LogP contribution in [0.3, 0.4) is 0 Å². The summed E-state index contributed by atoms with van der Waals surface area (Å²) in [7, 11) is 1.40.